The van der Waals surface area contributed by atoms with Crippen LogP contribution >= 0.6 is 0 Å². The summed E-state index contributed by atoms with van der Waals surface area (Å²) >= 11 is 0. The van der Waals surface area contributed by atoms with Crippen molar-refractivity contribution in [1.82, 2.24) is 24.6 Å². The molecular weight excluding hydrogens is 829 g/mol. The number of H-pyrrole nitrogens is 1. The van der Waals surface area contributed by atoms with Gasteiger partial charge in [0, 0.05) is 66.5 Å². The van der Waals surface area contributed by atoms with Crippen LogP contribution in [0.2, 0.25) is 0 Å². The fraction of sp³-hybridized carbons (Fsp3) is 0.490. The molecule has 1 spiro atoms. The maximum absolute atomic E-state index is 14.0. The summed E-state index contributed by atoms with van der Waals surface area (Å²) in [4.78, 5) is 41.8. The van der Waals surface area contributed by atoms with Gasteiger partial charge in [-0.1, -0.05) is 38.1 Å². The Balaban J connectivity index is 0.832. The van der Waals surface area contributed by atoms with E-state index in [1.165, 1.54) is 45.1 Å². The van der Waals surface area contributed by atoms with Gasteiger partial charge in [0.25, 0.3) is 15.9 Å². The van der Waals surface area contributed by atoms with E-state index in [2.05, 4.69) is 72.9 Å². The van der Waals surface area contributed by atoms with E-state index in [1.807, 2.05) is 12.1 Å². The van der Waals surface area contributed by atoms with Crippen LogP contribution in [-0.4, -0.2) is 71.3 Å². The second-order valence-corrected chi connectivity index (χ2v) is 21.7. The molecular formula is C49H58N8O6S. The first-order chi connectivity index (χ1) is 30.8. The van der Waals surface area contributed by atoms with E-state index in [4.69, 9.17) is 4.74 Å². The highest BCUT2D eigenvalue weighted by Crippen LogP contribution is 2.51. The lowest BCUT2D eigenvalue weighted by molar-refractivity contribution is -0.384. The smallest absolute Gasteiger partial charge is 0.312 e. The van der Waals surface area contributed by atoms with Crippen molar-refractivity contribution in [2.24, 2.45) is 16.7 Å². The number of rotatable bonds is 13. The van der Waals surface area contributed by atoms with Gasteiger partial charge >= 0.3 is 5.69 Å². The molecule has 3 saturated carbocycles. The monoisotopic (exact) mass is 886 g/mol. The Morgan fingerprint density at radius 3 is 2.44 bits per heavy atom. The average molecular weight is 887 g/mol. The van der Waals surface area contributed by atoms with Gasteiger partial charge in [0.05, 0.1) is 22.9 Å². The van der Waals surface area contributed by atoms with Crippen molar-refractivity contribution in [1.29, 1.82) is 0 Å². The predicted octanol–water partition coefficient (Wildman–Crippen LogP) is 9.87. The highest BCUT2D eigenvalue weighted by molar-refractivity contribution is 7.90. The van der Waals surface area contributed by atoms with Crippen molar-refractivity contribution < 1.29 is 22.9 Å². The third-order valence-corrected chi connectivity index (χ3v) is 16.3. The molecule has 2 aromatic carbocycles. The van der Waals surface area contributed by atoms with Crippen molar-refractivity contribution in [3.63, 3.8) is 0 Å². The summed E-state index contributed by atoms with van der Waals surface area (Å²) in [5.74, 6) is 0.657. The number of aromatic nitrogens is 3. The minimum atomic E-state index is -4.59. The Labute approximate surface area is 374 Å². The quantitative estimate of drug-likeness (QED) is 0.0758. The molecule has 0 bridgehead atoms. The second-order valence-electron chi connectivity index (χ2n) is 20.0. The zero-order valence-electron chi connectivity index (χ0n) is 36.7. The van der Waals surface area contributed by atoms with E-state index in [0.29, 0.717) is 35.9 Å². The van der Waals surface area contributed by atoms with Crippen LogP contribution in [0.25, 0.3) is 11.0 Å². The summed E-state index contributed by atoms with van der Waals surface area (Å²) in [6.07, 6.45) is 18.3. The number of nitro groups is 1. The Morgan fingerprint density at radius 1 is 0.922 bits per heavy atom. The molecule has 3 N–H and O–H groups in total. The van der Waals surface area contributed by atoms with E-state index in [1.54, 1.807) is 41.7 Å². The molecule has 3 aliphatic carbocycles. The molecule has 5 aliphatic rings. The van der Waals surface area contributed by atoms with Crippen molar-refractivity contribution >= 4 is 44.2 Å². The Bertz CT molecular complexity index is 2670. The van der Waals surface area contributed by atoms with Crippen LogP contribution in [0.15, 0.2) is 84.1 Å². The number of carbonyl (C=O) groups excluding carboxylic acids is 1. The standard InChI is InChI=1S/C49H58N8O6S/c1-48(2)18-13-32(14-19-48)27-51-46-43(57(59)60)26-38(29-53-46)64(61,62)54-47(58)41-12-11-36(25-44(41)63-37-24-34-17-22-50-45(34)52-28-37)55-30-49(31-55)20-15-35(16-21-49)56-23-5-8-42(56)40-7-4-3-6-39(40)33-9-10-33/h3-4,6-7,11-12,17,22,24-26,28-29,32-33,35,42H,5,8-10,13-16,18-21,23,27,30-31H2,1-2H3,(H,50,52)(H,51,53)(H,54,58)/t42-/m0/s1. The summed E-state index contributed by atoms with van der Waals surface area (Å²) < 4.78 is 35.9. The number of fused-ring (bicyclic) bond motifs is 1. The van der Waals surface area contributed by atoms with E-state index >= 15 is 0 Å². The lowest BCUT2D eigenvalue weighted by Crippen LogP contribution is -2.59. The van der Waals surface area contributed by atoms with Crippen LogP contribution in [0.1, 0.15) is 124 Å². The number of amides is 1. The van der Waals surface area contributed by atoms with Crippen LogP contribution in [0.5, 0.6) is 11.5 Å². The molecule has 1 amide bonds. The van der Waals surface area contributed by atoms with Crippen molar-refractivity contribution in [2.45, 2.75) is 114 Å². The zero-order chi connectivity index (χ0) is 44.2. The van der Waals surface area contributed by atoms with Crippen LogP contribution in [0.3, 0.4) is 0 Å². The van der Waals surface area contributed by atoms with Gasteiger partial charge in [-0.2, -0.15) is 0 Å². The van der Waals surface area contributed by atoms with Gasteiger partial charge in [-0.3, -0.25) is 19.8 Å². The van der Waals surface area contributed by atoms with Gasteiger partial charge in [0.2, 0.25) is 5.82 Å². The van der Waals surface area contributed by atoms with E-state index < -0.39 is 31.4 Å². The molecule has 0 radical (unpaired) electrons. The summed E-state index contributed by atoms with van der Waals surface area (Å²) in [6.45, 7) is 7.93. The lowest BCUT2D eigenvalue weighted by atomic mass is 9.67. The maximum atomic E-state index is 14.0. The number of anilines is 2. The normalized spacial score (nSPS) is 21.5. The molecule has 5 fully saturated rings. The first kappa shape index (κ1) is 42.4. The Hall–Kier alpha value is -5.54. The van der Waals surface area contributed by atoms with E-state index in [0.717, 1.165) is 80.9 Å². The number of carbonyl (C=O) groups is 1. The number of ether oxygens (including phenoxy) is 1. The molecule has 3 aromatic heterocycles. The first-order valence-corrected chi connectivity index (χ1v) is 24.6. The van der Waals surface area contributed by atoms with Crippen LogP contribution < -0.4 is 19.7 Å². The zero-order valence-corrected chi connectivity index (χ0v) is 37.5. The first-order valence-electron chi connectivity index (χ1n) is 23.1. The highest BCUT2D eigenvalue weighted by atomic mass is 32.2. The fourth-order valence-electron chi connectivity index (χ4n) is 11.0. The van der Waals surface area contributed by atoms with Gasteiger partial charge in [0.1, 0.15) is 22.0 Å². The third kappa shape index (κ3) is 8.68. The molecule has 336 valence electrons. The van der Waals surface area contributed by atoms with Gasteiger partial charge < -0.3 is 19.9 Å². The SMILES string of the molecule is CC1(C)CCC(CNc2ncc(S(=O)(=O)NC(=O)c3ccc(N4CC5(CCC(N6CCC[C@H]6c6ccccc6C6CC6)CC5)C4)cc3Oc3cnc4[nH]ccc4c3)cc2[N+](=O)[O-])CC1. The summed E-state index contributed by atoms with van der Waals surface area (Å²) in [6, 6.07) is 20.1. The third-order valence-electron chi connectivity index (χ3n) is 15.0. The number of pyridine rings is 2. The molecule has 0 unspecified atom stereocenters. The number of nitrogens with one attached hydrogen (secondary N) is 3. The Morgan fingerprint density at radius 2 is 1.69 bits per heavy atom. The van der Waals surface area contributed by atoms with Gasteiger partial charge in [-0.05, 0) is 136 Å². The molecule has 64 heavy (non-hydrogen) atoms. The number of sulfonamides is 1. The molecule has 2 saturated heterocycles. The number of likely N-dealkylation sites (tertiary alicyclic amines) is 1. The van der Waals surface area contributed by atoms with E-state index in [9.17, 15) is 23.3 Å². The van der Waals surface area contributed by atoms with Gasteiger partial charge in [-0.25, -0.2) is 23.1 Å². The van der Waals surface area contributed by atoms with Crippen molar-refractivity contribution in [3.05, 3.63) is 106 Å². The summed E-state index contributed by atoms with van der Waals surface area (Å²) in [7, 11) is -4.59. The van der Waals surface area contributed by atoms with Gasteiger partial charge in [0.15, 0.2) is 0 Å². The minimum Gasteiger partial charge on any atom is -0.455 e. The minimum absolute atomic E-state index is 0.00858. The number of nitrogens with zero attached hydrogens (tertiary/aromatic N) is 5. The van der Waals surface area contributed by atoms with Crippen molar-refractivity contribution in [2.75, 3.05) is 36.4 Å². The Kier molecular flexibility index (Phi) is 11.1. The molecule has 10 rings (SSSR count). The van der Waals surface area contributed by atoms with Gasteiger partial charge in [-0.15, -0.1) is 0 Å². The molecule has 15 heteroatoms. The topological polar surface area (TPSA) is 176 Å². The molecule has 2 aliphatic heterocycles. The highest BCUT2D eigenvalue weighted by Gasteiger charge is 2.47. The molecule has 14 nitrogen and oxygen atoms in total. The van der Waals surface area contributed by atoms with Crippen LogP contribution in [0, 0.1) is 26.9 Å². The maximum Gasteiger partial charge on any atom is 0.312 e. The lowest BCUT2D eigenvalue weighted by Gasteiger charge is -2.55. The molecule has 1 atom stereocenters. The average Bonchev–Trinajstić information content (AvgIpc) is 3.81. The second kappa shape index (κ2) is 16.8. The molecule has 5 heterocycles. The number of hydrogen-bond acceptors (Lipinski definition) is 11. The summed E-state index contributed by atoms with van der Waals surface area (Å²) in [5, 5.41) is 16.0. The number of aromatic amines is 1. The largest absolute Gasteiger partial charge is 0.455 e. The van der Waals surface area contributed by atoms with Crippen LogP contribution in [0.4, 0.5) is 17.2 Å². The van der Waals surface area contributed by atoms with Crippen LogP contribution in [-0.2, 0) is 10.0 Å². The number of hydrogen-bond donors (Lipinski definition) is 3. The van der Waals surface area contributed by atoms with Crippen molar-refractivity contribution in [3.8, 4) is 11.5 Å². The summed E-state index contributed by atoms with van der Waals surface area (Å²) in [5.41, 5.74) is 4.69. The van der Waals surface area contributed by atoms with E-state index in [-0.39, 0.29) is 28.0 Å². The molecule has 5 aromatic rings. The fourth-order valence-corrected chi connectivity index (χ4v) is 12.0. The predicted molar refractivity (Wildman–Crippen MR) is 246 cm³/mol. The number of benzene rings is 2.